The largest absolute Gasteiger partial charge is 0.444 e. The van der Waals surface area contributed by atoms with E-state index in [1.807, 2.05) is 25.7 Å². The number of hydrogen-bond donors (Lipinski definition) is 1. The minimum absolute atomic E-state index is 0.176. The highest BCUT2D eigenvalue weighted by molar-refractivity contribution is 5.69. The van der Waals surface area contributed by atoms with Gasteiger partial charge in [-0.15, -0.1) is 0 Å². The van der Waals surface area contributed by atoms with Gasteiger partial charge in [-0.1, -0.05) is 12.8 Å². The van der Waals surface area contributed by atoms with Crippen molar-refractivity contribution < 1.29 is 9.53 Å². The maximum Gasteiger partial charge on any atom is 0.410 e. The number of ether oxygens (including phenoxy) is 1. The molecule has 1 aliphatic carbocycles. The van der Waals surface area contributed by atoms with E-state index in [1.54, 1.807) is 0 Å². The van der Waals surface area contributed by atoms with Gasteiger partial charge in [0.2, 0.25) is 5.95 Å². The molecule has 0 radical (unpaired) electrons. The van der Waals surface area contributed by atoms with Crippen molar-refractivity contribution in [2.75, 3.05) is 30.3 Å². The highest BCUT2D eigenvalue weighted by Gasteiger charge is 2.43. The summed E-state index contributed by atoms with van der Waals surface area (Å²) in [6, 6.07) is 2.30. The van der Waals surface area contributed by atoms with E-state index >= 15 is 0 Å². The van der Waals surface area contributed by atoms with E-state index in [-0.39, 0.29) is 12.1 Å². The third kappa shape index (κ3) is 4.03. The molecule has 0 bridgehead atoms. The number of piperidine rings is 1. The lowest BCUT2D eigenvalue weighted by atomic mass is 9.92. The minimum Gasteiger partial charge on any atom is -0.444 e. The van der Waals surface area contributed by atoms with E-state index < -0.39 is 5.60 Å². The predicted octanol–water partition coefficient (Wildman–Crippen LogP) is 3.55. The highest BCUT2D eigenvalue weighted by Crippen LogP contribution is 2.37. The van der Waals surface area contributed by atoms with Gasteiger partial charge in [0, 0.05) is 31.6 Å². The number of nitrogens with zero attached hydrogens (tertiary/aromatic N) is 4. The molecule has 28 heavy (non-hydrogen) atoms. The summed E-state index contributed by atoms with van der Waals surface area (Å²) >= 11 is 0. The van der Waals surface area contributed by atoms with Gasteiger partial charge in [0.05, 0.1) is 11.7 Å². The van der Waals surface area contributed by atoms with Crippen LogP contribution in [0.1, 0.15) is 70.9 Å². The summed E-state index contributed by atoms with van der Waals surface area (Å²) in [6.45, 7) is 8.21. The van der Waals surface area contributed by atoms with Crippen LogP contribution in [0.2, 0.25) is 0 Å². The average molecular weight is 388 g/mol. The molecular formula is C21H33N5O2. The molecule has 0 aromatic carbocycles. The van der Waals surface area contributed by atoms with Crippen LogP contribution in [0, 0.1) is 5.92 Å². The Labute approximate surface area is 167 Å². The molecule has 7 nitrogen and oxygen atoms in total. The molecule has 2 N–H and O–H groups in total. The Morgan fingerprint density at radius 2 is 1.89 bits per heavy atom. The van der Waals surface area contributed by atoms with Gasteiger partial charge in [-0.25, -0.2) is 9.78 Å². The Kier molecular flexibility index (Phi) is 5.10. The maximum atomic E-state index is 12.7. The number of nitrogens with two attached hydrogens (primary N) is 1. The van der Waals surface area contributed by atoms with Crippen molar-refractivity contribution >= 4 is 17.9 Å². The summed E-state index contributed by atoms with van der Waals surface area (Å²) in [7, 11) is 0. The standard InChI is InChI=1S/C21H33N5O2/c1-21(2,3)28-20(27)26-10-6-9-15-12-25(13-17(15)26)18-11-16(23-19(22)24-18)14-7-4-5-8-14/h11,14-15,17H,4-10,12-13H2,1-3H3,(H2,22,23,24)/t15-,17+/m1/s1. The molecular weight excluding hydrogens is 354 g/mol. The van der Waals surface area contributed by atoms with Crippen LogP contribution in [-0.2, 0) is 4.74 Å². The molecule has 1 aromatic heterocycles. The number of carbonyl (C=O) groups is 1. The first-order valence-corrected chi connectivity index (χ1v) is 10.7. The number of anilines is 2. The van der Waals surface area contributed by atoms with Crippen molar-refractivity contribution in [3.8, 4) is 0 Å². The summed E-state index contributed by atoms with van der Waals surface area (Å²) < 4.78 is 5.65. The molecule has 3 heterocycles. The number of aromatic nitrogens is 2. The van der Waals surface area contributed by atoms with Gasteiger partial charge in [0.1, 0.15) is 11.4 Å². The van der Waals surface area contributed by atoms with Gasteiger partial charge < -0.3 is 20.3 Å². The van der Waals surface area contributed by atoms with Crippen LogP contribution in [0.25, 0.3) is 0 Å². The van der Waals surface area contributed by atoms with Crippen molar-refractivity contribution in [2.45, 2.75) is 76.9 Å². The van der Waals surface area contributed by atoms with Gasteiger partial charge in [0.25, 0.3) is 0 Å². The summed E-state index contributed by atoms with van der Waals surface area (Å²) in [5.74, 6) is 2.23. The van der Waals surface area contributed by atoms with Gasteiger partial charge in [-0.2, -0.15) is 4.98 Å². The van der Waals surface area contributed by atoms with Crippen LogP contribution >= 0.6 is 0 Å². The van der Waals surface area contributed by atoms with E-state index in [0.29, 0.717) is 17.8 Å². The van der Waals surface area contributed by atoms with Crippen LogP contribution in [0.4, 0.5) is 16.6 Å². The topological polar surface area (TPSA) is 84.6 Å². The Morgan fingerprint density at radius 3 is 2.61 bits per heavy atom. The van der Waals surface area contributed by atoms with E-state index in [2.05, 4.69) is 20.9 Å². The summed E-state index contributed by atoms with van der Waals surface area (Å²) in [5.41, 5.74) is 6.66. The van der Waals surface area contributed by atoms with Crippen molar-refractivity contribution in [3.63, 3.8) is 0 Å². The van der Waals surface area contributed by atoms with Crippen molar-refractivity contribution in [1.29, 1.82) is 0 Å². The van der Waals surface area contributed by atoms with Crippen molar-refractivity contribution in [1.82, 2.24) is 14.9 Å². The summed E-state index contributed by atoms with van der Waals surface area (Å²) in [4.78, 5) is 26.0. The lowest BCUT2D eigenvalue weighted by molar-refractivity contribution is 0.00669. The van der Waals surface area contributed by atoms with Gasteiger partial charge in [-0.3, -0.25) is 0 Å². The number of fused-ring (bicyclic) bond motifs is 1. The zero-order valence-corrected chi connectivity index (χ0v) is 17.4. The zero-order valence-electron chi connectivity index (χ0n) is 17.4. The Morgan fingerprint density at radius 1 is 1.14 bits per heavy atom. The van der Waals surface area contributed by atoms with Crippen molar-refractivity contribution in [3.05, 3.63) is 11.8 Å². The van der Waals surface area contributed by atoms with Crippen LogP contribution in [0.3, 0.4) is 0 Å². The number of rotatable bonds is 2. The summed E-state index contributed by atoms with van der Waals surface area (Å²) in [6.07, 6.45) is 6.87. The van der Waals surface area contributed by atoms with E-state index in [4.69, 9.17) is 10.5 Å². The predicted molar refractivity (Wildman–Crippen MR) is 109 cm³/mol. The fourth-order valence-corrected chi connectivity index (χ4v) is 4.98. The number of hydrogen-bond acceptors (Lipinski definition) is 6. The van der Waals surface area contributed by atoms with Crippen LogP contribution in [-0.4, -0.2) is 52.2 Å². The molecule has 0 spiro atoms. The number of carbonyl (C=O) groups excluding carboxylic acids is 1. The molecule has 2 aliphatic heterocycles. The highest BCUT2D eigenvalue weighted by atomic mass is 16.6. The smallest absolute Gasteiger partial charge is 0.410 e. The fourth-order valence-electron chi connectivity index (χ4n) is 4.98. The first-order valence-electron chi connectivity index (χ1n) is 10.7. The lowest BCUT2D eigenvalue weighted by Gasteiger charge is -2.37. The van der Waals surface area contributed by atoms with E-state index in [9.17, 15) is 4.79 Å². The molecule has 0 unspecified atom stereocenters. The second-order valence-corrected chi connectivity index (χ2v) is 9.54. The van der Waals surface area contributed by atoms with Crippen LogP contribution < -0.4 is 10.6 Å². The number of nitrogen functional groups attached to an aromatic ring is 1. The van der Waals surface area contributed by atoms with Crippen LogP contribution in [0.5, 0.6) is 0 Å². The molecule has 2 atom stereocenters. The first-order chi connectivity index (χ1) is 13.3. The van der Waals surface area contributed by atoms with E-state index in [0.717, 1.165) is 44.0 Å². The second-order valence-electron chi connectivity index (χ2n) is 9.54. The van der Waals surface area contributed by atoms with Gasteiger partial charge in [0.15, 0.2) is 0 Å². The normalized spacial score (nSPS) is 25.8. The fraction of sp³-hybridized carbons (Fsp3) is 0.762. The molecule has 154 valence electrons. The average Bonchev–Trinajstić information content (AvgIpc) is 3.29. The SMILES string of the molecule is CC(C)(C)OC(=O)N1CCC[C@@H]2CN(c3cc(C4CCCC4)nc(N)n3)C[C@@H]21. The Balaban J connectivity index is 1.51. The minimum atomic E-state index is -0.473. The third-order valence-corrected chi connectivity index (χ3v) is 6.26. The molecule has 3 fully saturated rings. The van der Waals surface area contributed by atoms with E-state index in [1.165, 1.54) is 25.7 Å². The first kappa shape index (κ1) is 19.3. The monoisotopic (exact) mass is 387 g/mol. The number of likely N-dealkylation sites (tertiary alicyclic amines) is 1. The Hall–Kier alpha value is -2.05. The molecule has 1 aromatic rings. The molecule has 3 aliphatic rings. The molecule has 1 amide bonds. The third-order valence-electron chi connectivity index (χ3n) is 6.26. The van der Waals surface area contributed by atoms with Crippen LogP contribution in [0.15, 0.2) is 6.07 Å². The second kappa shape index (κ2) is 7.41. The quantitative estimate of drug-likeness (QED) is 0.835. The van der Waals surface area contributed by atoms with Gasteiger partial charge >= 0.3 is 6.09 Å². The molecule has 1 saturated carbocycles. The Bertz CT molecular complexity index is 726. The maximum absolute atomic E-state index is 12.7. The number of amides is 1. The molecule has 2 saturated heterocycles. The van der Waals surface area contributed by atoms with Crippen molar-refractivity contribution in [2.24, 2.45) is 5.92 Å². The van der Waals surface area contributed by atoms with Gasteiger partial charge in [-0.05, 0) is 52.4 Å². The molecule has 7 heteroatoms. The molecule has 4 rings (SSSR count). The zero-order chi connectivity index (χ0) is 19.9. The summed E-state index contributed by atoms with van der Waals surface area (Å²) in [5, 5.41) is 0. The lowest BCUT2D eigenvalue weighted by Crippen LogP contribution is -2.50.